The predicted molar refractivity (Wildman–Crippen MR) is 111 cm³/mol. The number of fused-ring (bicyclic) bond motifs is 8. The second kappa shape index (κ2) is 5.84. The Hall–Kier alpha value is -2.81. The van der Waals surface area contributed by atoms with E-state index in [0.717, 1.165) is 11.6 Å². The van der Waals surface area contributed by atoms with Crippen LogP contribution in [0.5, 0.6) is 0 Å². The number of hydrogen-bond acceptors (Lipinski definition) is 2. The molecular weight excluding hydrogens is 346 g/mol. The largest absolute Gasteiger partial charge is 0.478 e. The highest BCUT2D eigenvalue weighted by Crippen LogP contribution is 2.64. The molecule has 3 aliphatic rings. The number of rotatable bonds is 2. The van der Waals surface area contributed by atoms with E-state index >= 15 is 0 Å². The van der Waals surface area contributed by atoms with Gasteiger partial charge in [-0.3, -0.25) is 0 Å². The zero-order chi connectivity index (χ0) is 18.8. The standard InChI is InChI=1S/C25H23NO2/c27-25(28)20-10-4-9-19-21-15-11-12-16(13-15)22(21)24(26-23(19)20)18-8-3-6-14-5-1-2-7-17(14)18/h1-10,15-16,21-22,24,26H,11-13H2,(H,27,28)/t15-,16-,21-,22-,24+/m0/s1. The third kappa shape index (κ3) is 2.13. The topological polar surface area (TPSA) is 49.3 Å². The van der Waals surface area contributed by atoms with E-state index in [9.17, 15) is 9.90 Å². The molecule has 2 fully saturated rings. The van der Waals surface area contributed by atoms with Crippen molar-refractivity contribution in [3.05, 3.63) is 77.4 Å². The molecule has 0 amide bonds. The Morgan fingerprint density at radius 2 is 1.64 bits per heavy atom. The minimum Gasteiger partial charge on any atom is -0.478 e. The van der Waals surface area contributed by atoms with Crippen LogP contribution in [0, 0.1) is 17.8 Å². The zero-order valence-electron chi connectivity index (χ0n) is 15.6. The SMILES string of the molecule is O=C(O)c1cccc2c1N[C@H](c1cccc3ccccc13)[C@H]1[C@H]3CC[C@@H](C3)[C@@H]21. The van der Waals surface area contributed by atoms with Gasteiger partial charge in [-0.1, -0.05) is 54.6 Å². The van der Waals surface area contributed by atoms with Gasteiger partial charge in [0.25, 0.3) is 0 Å². The molecule has 3 nitrogen and oxygen atoms in total. The lowest BCUT2D eigenvalue weighted by atomic mass is 9.67. The summed E-state index contributed by atoms with van der Waals surface area (Å²) in [6.45, 7) is 0. The Bertz CT molecular complexity index is 1100. The molecule has 0 aromatic heterocycles. The second-order valence-electron chi connectivity index (χ2n) is 8.70. The number of benzene rings is 3. The molecule has 2 aliphatic carbocycles. The summed E-state index contributed by atoms with van der Waals surface area (Å²) < 4.78 is 0. The molecule has 3 aromatic carbocycles. The monoisotopic (exact) mass is 369 g/mol. The summed E-state index contributed by atoms with van der Waals surface area (Å²) in [6.07, 6.45) is 3.88. The molecule has 1 aliphatic heterocycles. The number of nitrogens with one attached hydrogen (secondary N) is 1. The van der Waals surface area contributed by atoms with Crippen molar-refractivity contribution in [3.63, 3.8) is 0 Å². The number of hydrogen-bond donors (Lipinski definition) is 2. The molecular formula is C25H23NO2. The highest BCUT2D eigenvalue weighted by molar-refractivity contribution is 5.96. The number of carboxylic acid groups (broad SMARTS) is 1. The summed E-state index contributed by atoms with van der Waals surface area (Å²) in [5.41, 5.74) is 3.80. The fraction of sp³-hybridized carbons (Fsp3) is 0.320. The van der Waals surface area contributed by atoms with Crippen LogP contribution in [0.15, 0.2) is 60.7 Å². The molecule has 3 aromatic rings. The maximum Gasteiger partial charge on any atom is 0.337 e. The van der Waals surface area contributed by atoms with Gasteiger partial charge in [0.05, 0.1) is 17.3 Å². The molecule has 5 atom stereocenters. The van der Waals surface area contributed by atoms with Gasteiger partial charge < -0.3 is 10.4 Å². The van der Waals surface area contributed by atoms with Crippen molar-refractivity contribution in [1.82, 2.24) is 0 Å². The first kappa shape index (κ1) is 16.2. The van der Waals surface area contributed by atoms with E-state index in [1.807, 2.05) is 6.07 Å². The zero-order valence-corrected chi connectivity index (χ0v) is 15.6. The lowest BCUT2D eigenvalue weighted by Gasteiger charge is -2.44. The van der Waals surface area contributed by atoms with Crippen LogP contribution < -0.4 is 5.32 Å². The first-order chi connectivity index (χ1) is 13.7. The van der Waals surface area contributed by atoms with Crippen molar-refractivity contribution in [2.75, 3.05) is 5.32 Å². The van der Waals surface area contributed by atoms with Crippen molar-refractivity contribution in [2.24, 2.45) is 17.8 Å². The Morgan fingerprint density at radius 1 is 0.893 bits per heavy atom. The van der Waals surface area contributed by atoms with Crippen molar-refractivity contribution in [2.45, 2.75) is 31.2 Å². The minimum absolute atomic E-state index is 0.166. The van der Waals surface area contributed by atoms with E-state index in [0.29, 0.717) is 23.3 Å². The normalized spacial score (nSPS) is 29.9. The fourth-order valence-corrected chi connectivity index (χ4v) is 6.52. The van der Waals surface area contributed by atoms with Gasteiger partial charge in [-0.05, 0) is 70.9 Å². The molecule has 140 valence electrons. The van der Waals surface area contributed by atoms with Gasteiger partial charge in [-0.25, -0.2) is 4.79 Å². The molecule has 28 heavy (non-hydrogen) atoms. The summed E-state index contributed by atoms with van der Waals surface area (Å²) in [7, 11) is 0. The predicted octanol–water partition coefficient (Wildman–Crippen LogP) is 5.83. The Morgan fingerprint density at radius 3 is 2.54 bits per heavy atom. The van der Waals surface area contributed by atoms with Gasteiger partial charge >= 0.3 is 5.97 Å². The van der Waals surface area contributed by atoms with Gasteiger partial charge in [0, 0.05) is 0 Å². The van der Waals surface area contributed by atoms with Crippen molar-refractivity contribution in [1.29, 1.82) is 0 Å². The molecule has 3 heteroatoms. The highest BCUT2D eigenvalue weighted by atomic mass is 16.4. The molecule has 1 heterocycles. The third-order valence-corrected chi connectivity index (χ3v) is 7.51. The quantitative estimate of drug-likeness (QED) is 0.597. The van der Waals surface area contributed by atoms with Crippen LogP contribution in [-0.2, 0) is 0 Å². The van der Waals surface area contributed by atoms with E-state index in [2.05, 4.69) is 53.8 Å². The van der Waals surface area contributed by atoms with E-state index in [4.69, 9.17) is 0 Å². The van der Waals surface area contributed by atoms with Crippen LogP contribution in [0.3, 0.4) is 0 Å². The van der Waals surface area contributed by atoms with E-state index in [1.165, 1.54) is 41.2 Å². The average Bonchev–Trinajstić information content (AvgIpc) is 3.35. The number of para-hydroxylation sites is 1. The van der Waals surface area contributed by atoms with E-state index in [1.54, 1.807) is 6.07 Å². The molecule has 2 N–H and O–H groups in total. The van der Waals surface area contributed by atoms with Crippen LogP contribution >= 0.6 is 0 Å². The number of aromatic carboxylic acids is 1. The first-order valence-corrected chi connectivity index (χ1v) is 10.3. The summed E-state index contributed by atoms with van der Waals surface area (Å²) >= 11 is 0. The van der Waals surface area contributed by atoms with Crippen LogP contribution in [0.4, 0.5) is 5.69 Å². The van der Waals surface area contributed by atoms with Gasteiger partial charge in [0.1, 0.15) is 0 Å². The van der Waals surface area contributed by atoms with Gasteiger partial charge in [0.15, 0.2) is 0 Å². The minimum atomic E-state index is -0.845. The third-order valence-electron chi connectivity index (χ3n) is 7.51. The average molecular weight is 369 g/mol. The summed E-state index contributed by atoms with van der Waals surface area (Å²) in [5, 5.41) is 16.1. The van der Waals surface area contributed by atoms with Gasteiger partial charge in [-0.15, -0.1) is 0 Å². The molecule has 0 saturated heterocycles. The molecule has 0 radical (unpaired) electrons. The summed E-state index contributed by atoms with van der Waals surface area (Å²) in [5.74, 6) is 1.59. The van der Waals surface area contributed by atoms with Crippen molar-refractivity contribution in [3.8, 4) is 0 Å². The van der Waals surface area contributed by atoms with Crippen molar-refractivity contribution >= 4 is 22.4 Å². The number of anilines is 1. The highest BCUT2D eigenvalue weighted by Gasteiger charge is 2.54. The summed E-state index contributed by atoms with van der Waals surface area (Å²) in [6, 6.07) is 21.1. The second-order valence-corrected chi connectivity index (χ2v) is 8.70. The Kier molecular flexibility index (Phi) is 3.37. The lowest BCUT2D eigenvalue weighted by molar-refractivity contribution is 0.0697. The maximum absolute atomic E-state index is 11.9. The molecule has 2 bridgehead atoms. The van der Waals surface area contributed by atoms with Crippen LogP contribution in [0.25, 0.3) is 10.8 Å². The molecule has 6 rings (SSSR count). The Labute approximate surface area is 164 Å². The van der Waals surface area contributed by atoms with Crippen LogP contribution in [0.1, 0.15) is 52.7 Å². The number of carboxylic acids is 1. The van der Waals surface area contributed by atoms with Crippen LogP contribution in [-0.4, -0.2) is 11.1 Å². The number of carbonyl (C=O) groups is 1. The molecule has 0 spiro atoms. The van der Waals surface area contributed by atoms with E-state index < -0.39 is 5.97 Å². The van der Waals surface area contributed by atoms with Gasteiger partial charge in [-0.2, -0.15) is 0 Å². The van der Waals surface area contributed by atoms with E-state index in [-0.39, 0.29) is 6.04 Å². The maximum atomic E-state index is 11.9. The summed E-state index contributed by atoms with van der Waals surface area (Å²) in [4.78, 5) is 11.9. The Balaban J connectivity index is 1.58. The first-order valence-electron chi connectivity index (χ1n) is 10.3. The lowest BCUT2D eigenvalue weighted by Crippen LogP contribution is -2.36. The van der Waals surface area contributed by atoms with Crippen molar-refractivity contribution < 1.29 is 9.90 Å². The molecule has 2 saturated carbocycles. The van der Waals surface area contributed by atoms with Gasteiger partial charge in [0.2, 0.25) is 0 Å². The smallest absolute Gasteiger partial charge is 0.337 e. The van der Waals surface area contributed by atoms with Crippen LogP contribution in [0.2, 0.25) is 0 Å². The fourth-order valence-electron chi connectivity index (χ4n) is 6.52. The molecule has 0 unspecified atom stereocenters.